The number of fused-ring (bicyclic) bond motifs is 12. The fourth-order valence-corrected chi connectivity index (χ4v) is 8.90. The molecule has 0 unspecified atom stereocenters. The maximum atomic E-state index is 9.64. The molecule has 10 aromatic rings. The van der Waals surface area contributed by atoms with E-state index in [0.717, 1.165) is 71.7 Å². The van der Waals surface area contributed by atoms with E-state index >= 15 is 0 Å². The first kappa shape index (κ1) is 28.7. The van der Waals surface area contributed by atoms with Gasteiger partial charge in [-0.25, -0.2) is 4.85 Å². The van der Waals surface area contributed by atoms with E-state index in [1.54, 1.807) is 0 Å². The van der Waals surface area contributed by atoms with E-state index in [1.807, 2.05) is 30.3 Å². The molecule has 5 heteroatoms. The predicted molar refractivity (Wildman–Crippen MR) is 211 cm³/mol. The summed E-state index contributed by atoms with van der Waals surface area (Å²) < 4.78 is 11.1. The Morgan fingerprint density at radius 1 is 0.558 bits per heavy atom. The highest BCUT2D eigenvalue weighted by Crippen LogP contribution is 2.52. The van der Waals surface area contributed by atoms with Crippen LogP contribution >= 0.6 is 0 Å². The molecule has 1 aliphatic rings. The maximum Gasteiger partial charge on any atom is 0.187 e. The van der Waals surface area contributed by atoms with Gasteiger partial charge in [-0.15, -0.1) is 0 Å². The molecule has 3 heterocycles. The molecule has 0 amide bonds. The summed E-state index contributed by atoms with van der Waals surface area (Å²) in [5, 5.41) is 16.3. The lowest BCUT2D eigenvalue weighted by atomic mass is 9.82. The van der Waals surface area contributed by atoms with Crippen LogP contribution in [-0.2, 0) is 5.41 Å². The molecule has 0 N–H and O–H groups in total. The van der Waals surface area contributed by atoms with Gasteiger partial charge >= 0.3 is 0 Å². The summed E-state index contributed by atoms with van der Waals surface area (Å²) in [7, 11) is 0. The molecule has 0 bridgehead atoms. The van der Waals surface area contributed by atoms with Crippen LogP contribution in [0.4, 0.5) is 5.69 Å². The minimum Gasteiger partial charge on any atom is -0.456 e. The van der Waals surface area contributed by atoms with Crippen molar-refractivity contribution in [1.29, 1.82) is 5.26 Å². The second kappa shape index (κ2) is 10.0. The Balaban J connectivity index is 1.15. The van der Waals surface area contributed by atoms with Crippen LogP contribution in [0.15, 0.2) is 138 Å². The van der Waals surface area contributed by atoms with Crippen molar-refractivity contribution in [2.45, 2.75) is 19.3 Å². The SMILES string of the molecule is [C-]#[N+]c1ccc2c(c1)-c1cc3c4ccccc4n(-c4ccc5oc6ccc(-n7c8ccccc8c8cc(C#N)ccc87)cc6c5c4)c3cc1C2(C)C. The number of hydrogen-bond acceptors (Lipinski definition) is 2. The highest BCUT2D eigenvalue weighted by Gasteiger charge is 2.36. The molecular weight excluding hydrogens is 637 g/mol. The predicted octanol–water partition coefficient (Wildman–Crippen LogP) is 12.5. The zero-order chi connectivity index (χ0) is 34.9. The molecule has 0 saturated heterocycles. The fraction of sp³-hybridized carbons (Fsp3) is 0.0638. The third-order valence-electron chi connectivity index (χ3n) is 11.3. The largest absolute Gasteiger partial charge is 0.456 e. The van der Waals surface area contributed by atoms with E-state index in [-0.39, 0.29) is 5.41 Å². The van der Waals surface area contributed by atoms with Crippen LogP contribution in [0.3, 0.4) is 0 Å². The molecule has 0 aliphatic heterocycles. The molecule has 0 saturated carbocycles. The van der Waals surface area contributed by atoms with Gasteiger partial charge in [-0.05, 0) is 107 Å². The lowest BCUT2D eigenvalue weighted by Gasteiger charge is -2.22. The average Bonchev–Trinajstić information content (AvgIpc) is 3.88. The van der Waals surface area contributed by atoms with Gasteiger partial charge in [-0.2, -0.15) is 5.26 Å². The Morgan fingerprint density at radius 2 is 1.15 bits per heavy atom. The van der Waals surface area contributed by atoms with Crippen LogP contribution in [-0.4, -0.2) is 9.13 Å². The molecule has 0 atom stereocenters. The summed E-state index contributed by atoms with van der Waals surface area (Å²) >= 11 is 0. The molecule has 242 valence electrons. The number of hydrogen-bond donors (Lipinski definition) is 0. The number of aromatic nitrogens is 2. The van der Waals surface area contributed by atoms with Crippen molar-refractivity contribution >= 4 is 71.2 Å². The summed E-state index contributed by atoms with van der Waals surface area (Å²) in [4.78, 5) is 3.75. The summed E-state index contributed by atoms with van der Waals surface area (Å²) in [6.07, 6.45) is 0. The van der Waals surface area contributed by atoms with Crippen molar-refractivity contribution in [2.75, 3.05) is 0 Å². The lowest BCUT2D eigenvalue weighted by molar-refractivity contribution is 0.661. The minimum atomic E-state index is -0.204. The van der Waals surface area contributed by atoms with Gasteiger partial charge in [0.25, 0.3) is 0 Å². The van der Waals surface area contributed by atoms with Crippen molar-refractivity contribution < 1.29 is 4.42 Å². The van der Waals surface area contributed by atoms with Crippen molar-refractivity contribution in [2.24, 2.45) is 0 Å². The third-order valence-corrected chi connectivity index (χ3v) is 11.3. The summed E-state index contributed by atoms with van der Waals surface area (Å²) in [6.45, 7) is 12.2. The summed E-state index contributed by atoms with van der Waals surface area (Å²) in [5.41, 5.74) is 14.2. The number of para-hydroxylation sites is 2. The second-order valence-corrected chi connectivity index (χ2v) is 14.4. The van der Waals surface area contributed by atoms with Crippen LogP contribution in [0, 0.1) is 17.9 Å². The Hall–Kier alpha value is -7.08. The van der Waals surface area contributed by atoms with Gasteiger partial charge in [-0.1, -0.05) is 62.4 Å². The van der Waals surface area contributed by atoms with Crippen molar-refractivity contribution in [3.8, 4) is 28.6 Å². The van der Waals surface area contributed by atoms with Crippen molar-refractivity contribution in [3.63, 3.8) is 0 Å². The van der Waals surface area contributed by atoms with E-state index in [0.29, 0.717) is 11.3 Å². The zero-order valence-corrected chi connectivity index (χ0v) is 28.4. The molecule has 0 spiro atoms. The van der Waals surface area contributed by atoms with Gasteiger partial charge in [0.15, 0.2) is 5.69 Å². The minimum absolute atomic E-state index is 0.204. The Bertz CT molecular complexity index is 3300. The quantitative estimate of drug-likeness (QED) is 0.173. The van der Waals surface area contributed by atoms with Crippen LogP contribution in [0.25, 0.3) is 92.9 Å². The third kappa shape index (κ3) is 3.69. The number of nitrogens with zero attached hydrogens (tertiary/aromatic N) is 4. The van der Waals surface area contributed by atoms with Crippen molar-refractivity contribution in [1.82, 2.24) is 9.13 Å². The number of benzene rings is 7. The molecular formula is C47H28N4O. The van der Waals surface area contributed by atoms with Crippen LogP contribution in [0.5, 0.6) is 0 Å². The van der Waals surface area contributed by atoms with E-state index in [9.17, 15) is 5.26 Å². The molecule has 5 nitrogen and oxygen atoms in total. The molecule has 7 aromatic carbocycles. The van der Waals surface area contributed by atoms with Gasteiger partial charge in [0, 0.05) is 49.1 Å². The molecule has 0 fully saturated rings. The molecule has 52 heavy (non-hydrogen) atoms. The maximum absolute atomic E-state index is 9.64. The Morgan fingerprint density at radius 3 is 1.81 bits per heavy atom. The Kier molecular flexibility index (Phi) is 5.53. The monoisotopic (exact) mass is 664 g/mol. The van der Waals surface area contributed by atoms with Gasteiger partial charge in [0.1, 0.15) is 11.2 Å². The first-order valence-electron chi connectivity index (χ1n) is 17.4. The number of nitriles is 1. The smallest absolute Gasteiger partial charge is 0.187 e. The number of furan rings is 1. The molecule has 3 aromatic heterocycles. The summed E-state index contributed by atoms with van der Waals surface area (Å²) in [5.74, 6) is 0. The first-order chi connectivity index (χ1) is 25.4. The fourth-order valence-electron chi connectivity index (χ4n) is 8.90. The van der Waals surface area contributed by atoms with E-state index < -0.39 is 0 Å². The van der Waals surface area contributed by atoms with Gasteiger partial charge < -0.3 is 13.6 Å². The molecule has 1 aliphatic carbocycles. The molecule has 0 radical (unpaired) electrons. The van der Waals surface area contributed by atoms with Crippen LogP contribution in [0.1, 0.15) is 30.5 Å². The standard InChI is InChI=1S/C47H28N4O/c1-47(2)39-16-13-28(49-3)21-33(39)34-24-36-32-9-5-7-11-42(32)51(44(36)25-40(34)47)30-15-19-46-38(23-30)37-22-29(14-18-45(37)52-46)50-41-10-6-4-8-31(41)35-20-27(26-48)12-17-43(35)50/h4-25H,1-2H3. The van der Waals surface area contributed by atoms with Gasteiger partial charge in [0.2, 0.25) is 0 Å². The number of rotatable bonds is 2. The van der Waals surface area contributed by atoms with Crippen LogP contribution < -0.4 is 0 Å². The normalized spacial score (nSPS) is 13.3. The first-order valence-corrected chi connectivity index (χ1v) is 17.4. The zero-order valence-electron chi connectivity index (χ0n) is 28.4. The van der Waals surface area contributed by atoms with Gasteiger partial charge in [0.05, 0.1) is 40.3 Å². The lowest BCUT2D eigenvalue weighted by Crippen LogP contribution is -2.15. The van der Waals surface area contributed by atoms with Crippen molar-refractivity contribution in [3.05, 3.63) is 162 Å². The highest BCUT2D eigenvalue weighted by molar-refractivity contribution is 6.13. The van der Waals surface area contributed by atoms with Crippen LogP contribution in [0.2, 0.25) is 0 Å². The van der Waals surface area contributed by atoms with E-state index in [4.69, 9.17) is 11.0 Å². The van der Waals surface area contributed by atoms with E-state index in [1.165, 1.54) is 27.5 Å². The average molecular weight is 665 g/mol. The molecule has 11 rings (SSSR count). The van der Waals surface area contributed by atoms with Gasteiger partial charge in [-0.3, -0.25) is 0 Å². The highest BCUT2D eigenvalue weighted by atomic mass is 16.3. The van der Waals surface area contributed by atoms with E-state index in [2.05, 4.69) is 137 Å². The summed E-state index contributed by atoms with van der Waals surface area (Å²) in [6, 6.07) is 49.0. The Labute approximate surface area is 298 Å². The second-order valence-electron chi connectivity index (χ2n) is 14.4. The topological polar surface area (TPSA) is 51.1 Å².